The molecule has 2 aromatic heterocycles. The minimum Gasteiger partial charge on any atom is -0.322 e. The maximum absolute atomic E-state index is 14.0. The standard InChI is InChI=1S/C31H32F3N7O2S/c1-3-40-12-14-41(15-13-40)19-22-9-8-21(16-24(22)31(32,33)34)28(42)37-23-10-7-20(2)25(17-23)38-29(43)26-18-36-30(44-26)39-27-6-4-5-11-35-27/h4-11,16-18H,3,12-15,19H2,1-2H3,(H,37,42)(H,38,43)(H,35,36,39). The molecule has 230 valence electrons. The Morgan fingerprint density at radius 1 is 0.932 bits per heavy atom. The summed E-state index contributed by atoms with van der Waals surface area (Å²) in [7, 11) is 0. The van der Waals surface area contributed by atoms with Gasteiger partial charge >= 0.3 is 6.18 Å². The van der Waals surface area contributed by atoms with E-state index in [9.17, 15) is 22.8 Å². The summed E-state index contributed by atoms with van der Waals surface area (Å²) < 4.78 is 42.1. The fourth-order valence-electron chi connectivity index (χ4n) is 4.83. The van der Waals surface area contributed by atoms with E-state index in [1.807, 2.05) is 11.0 Å². The number of rotatable bonds is 9. The van der Waals surface area contributed by atoms with Gasteiger partial charge in [-0.15, -0.1) is 0 Å². The summed E-state index contributed by atoms with van der Waals surface area (Å²) >= 11 is 1.15. The highest BCUT2D eigenvalue weighted by Gasteiger charge is 2.34. The van der Waals surface area contributed by atoms with Crippen molar-refractivity contribution in [1.82, 2.24) is 19.8 Å². The molecule has 1 saturated heterocycles. The summed E-state index contributed by atoms with van der Waals surface area (Å²) in [6, 6.07) is 14.0. The largest absolute Gasteiger partial charge is 0.416 e. The van der Waals surface area contributed by atoms with Crippen molar-refractivity contribution >= 4 is 45.5 Å². The number of nitrogens with one attached hydrogen (secondary N) is 3. The van der Waals surface area contributed by atoms with Crippen LogP contribution < -0.4 is 16.0 Å². The van der Waals surface area contributed by atoms with Gasteiger partial charge in [0, 0.05) is 55.9 Å². The summed E-state index contributed by atoms with van der Waals surface area (Å²) in [5.41, 5.74) is 0.707. The third-order valence-electron chi connectivity index (χ3n) is 7.36. The highest BCUT2D eigenvalue weighted by Crippen LogP contribution is 2.34. The molecule has 1 fully saturated rings. The number of halogens is 3. The molecule has 3 heterocycles. The van der Waals surface area contributed by atoms with E-state index in [0.29, 0.717) is 40.3 Å². The fourth-order valence-corrected chi connectivity index (χ4v) is 5.55. The van der Waals surface area contributed by atoms with E-state index in [0.717, 1.165) is 42.6 Å². The Balaban J connectivity index is 1.26. The second kappa shape index (κ2) is 13.5. The maximum atomic E-state index is 14.0. The monoisotopic (exact) mass is 623 g/mol. The molecule has 0 atom stereocenters. The van der Waals surface area contributed by atoms with Crippen molar-refractivity contribution in [3.8, 4) is 0 Å². The number of hydrogen-bond donors (Lipinski definition) is 3. The van der Waals surface area contributed by atoms with Crippen LogP contribution in [0.15, 0.2) is 67.0 Å². The summed E-state index contributed by atoms with van der Waals surface area (Å²) in [4.78, 5) is 39.0. The topological polar surface area (TPSA) is 102 Å². The third-order valence-corrected chi connectivity index (χ3v) is 8.27. The van der Waals surface area contributed by atoms with Crippen LogP contribution in [0.3, 0.4) is 0 Å². The van der Waals surface area contributed by atoms with Gasteiger partial charge in [0.05, 0.1) is 11.8 Å². The van der Waals surface area contributed by atoms with Gasteiger partial charge in [-0.05, 0) is 61.0 Å². The average molecular weight is 624 g/mol. The Morgan fingerprint density at radius 3 is 2.41 bits per heavy atom. The number of carbonyl (C=O) groups excluding carboxylic acids is 2. The van der Waals surface area contributed by atoms with Gasteiger partial charge in [0.25, 0.3) is 11.8 Å². The molecule has 9 nitrogen and oxygen atoms in total. The number of amides is 2. The van der Waals surface area contributed by atoms with E-state index in [4.69, 9.17) is 0 Å². The number of aryl methyl sites for hydroxylation is 1. The van der Waals surface area contributed by atoms with Crippen LogP contribution in [0.4, 0.5) is 35.5 Å². The van der Waals surface area contributed by atoms with E-state index in [2.05, 4.69) is 37.7 Å². The van der Waals surface area contributed by atoms with Crippen LogP contribution in [0.5, 0.6) is 0 Å². The molecule has 2 amide bonds. The molecule has 0 saturated carbocycles. The van der Waals surface area contributed by atoms with Gasteiger partial charge in [-0.25, -0.2) is 9.97 Å². The molecule has 5 rings (SSSR count). The number of pyridine rings is 1. The van der Waals surface area contributed by atoms with E-state index in [1.54, 1.807) is 43.5 Å². The summed E-state index contributed by atoms with van der Waals surface area (Å²) in [5, 5.41) is 9.01. The molecule has 0 radical (unpaired) electrons. The first-order chi connectivity index (χ1) is 21.1. The third kappa shape index (κ3) is 7.78. The minimum absolute atomic E-state index is 0.111. The molecule has 4 aromatic rings. The highest BCUT2D eigenvalue weighted by molar-refractivity contribution is 7.17. The number of hydrogen-bond acceptors (Lipinski definition) is 8. The van der Waals surface area contributed by atoms with Crippen LogP contribution in [-0.4, -0.2) is 64.3 Å². The van der Waals surface area contributed by atoms with E-state index >= 15 is 0 Å². The highest BCUT2D eigenvalue weighted by atomic mass is 32.1. The Hall–Kier alpha value is -4.33. The maximum Gasteiger partial charge on any atom is 0.416 e. The van der Waals surface area contributed by atoms with Crippen LogP contribution in [-0.2, 0) is 12.7 Å². The van der Waals surface area contributed by atoms with Gasteiger partial charge in [-0.1, -0.05) is 36.5 Å². The Labute approximate surface area is 257 Å². The molecule has 3 N–H and O–H groups in total. The number of nitrogens with zero attached hydrogens (tertiary/aromatic N) is 4. The molecule has 0 spiro atoms. The van der Waals surface area contributed by atoms with Gasteiger partial charge in [0.15, 0.2) is 5.13 Å². The lowest BCUT2D eigenvalue weighted by molar-refractivity contribution is -0.138. The molecule has 44 heavy (non-hydrogen) atoms. The van der Waals surface area contributed by atoms with Crippen LogP contribution in [0, 0.1) is 6.92 Å². The first kappa shape index (κ1) is 31.1. The smallest absolute Gasteiger partial charge is 0.322 e. The Bertz CT molecular complexity index is 1620. The lowest BCUT2D eigenvalue weighted by Gasteiger charge is -2.34. The molecule has 0 bridgehead atoms. The van der Waals surface area contributed by atoms with Crippen molar-refractivity contribution in [2.75, 3.05) is 48.7 Å². The molecule has 0 unspecified atom stereocenters. The number of anilines is 4. The van der Waals surface area contributed by atoms with Crippen molar-refractivity contribution < 1.29 is 22.8 Å². The van der Waals surface area contributed by atoms with Gasteiger partial charge in [-0.3, -0.25) is 14.5 Å². The van der Waals surface area contributed by atoms with Crippen molar-refractivity contribution in [1.29, 1.82) is 0 Å². The summed E-state index contributed by atoms with van der Waals surface area (Å²) in [5.74, 6) is -0.493. The van der Waals surface area contributed by atoms with Gasteiger partial charge in [0.1, 0.15) is 10.7 Å². The van der Waals surface area contributed by atoms with Gasteiger partial charge < -0.3 is 20.9 Å². The molecule has 13 heteroatoms. The normalized spacial score (nSPS) is 14.3. The molecule has 1 aliphatic rings. The van der Waals surface area contributed by atoms with Crippen LogP contribution in [0.1, 0.15) is 43.6 Å². The number of aromatic nitrogens is 2. The zero-order chi connectivity index (χ0) is 31.3. The van der Waals surface area contributed by atoms with E-state index in [-0.39, 0.29) is 17.7 Å². The number of piperazine rings is 1. The first-order valence-electron chi connectivity index (χ1n) is 14.1. The van der Waals surface area contributed by atoms with Crippen molar-refractivity contribution in [2.45, 2.75) is 26.6 Å². The number of benzene rings is 2. The number of thiazole rings is 1. The second-order valence-corrected chi connectivity index (χ2v) is 11.4. The van der Waals surface area contributed by atoms with Crippen LogP contribution in [0.25, 0.3) is 0 Å². The molecular formula is C31H32F3N7O2S. The van der Waals surface area contributed by atoms with Crippen molar-refractivity contribution in [3.05, 3.63) is 94.1 Å². The van der Waals surface area contributed by atoms with Crippen molar-refractivity contribution in [2.24, 2.45) is 0 Å². The summed E-state index contributed by atoms with van der Waals surface area (Å²) in [6.45, 7) is 7.93. The lowest BCUT2D eigenvalue weighted by atomic mass is 10.0. The van der Waals surface area contributed by atoms with Gasteiger partial charge in [-0.2, -0.15) is 13.2 Å². The van der Waals surface area contributed by atoms with Crippen LogP contribution in [0.2, 0.25) is 0 Å². The Morgan fingerprint density at radius 2 is 1.70 bits per heavy atom. The number of alkyl halides is 3. The predicted octanol–water partition coefficient (Wildman–Crippen LogP) is 6.25. The van der Waals surface area contributed by atoms with E-state index in [1.165, 1.54) is 18.3 Å². The van der Waals surface area contributed by atoms with E-state index < -0.39 is 23.6 Å². The van der Waals surface area contributed by atoms with Gasteiger partial charge in [0.2, 0.25) is 0 Å². The quantitative estimate of drug-likeness (QED) is 0.203. The van der Waals surface area contributed by atoms with Crippen LogP contribution >= 0.6 is 11.3 Å². The molecular weight excluding hydrogens is 591 g/mol. The molecule has 0 aliphatic carbocycles. The number of likely N-dealkylation sites (N-methyl/N-ethyl adjacent to an activating group) is 1. The average Bonchev–Trinajstić information content (AvgIpc) is 3.48. The fraction of sp³-hybridized carbons (Fsp3) is 0.290. The molecule has 1 aliphatic heterocycles. The zero-order valence-electron chi connectivity index (χ0n) is 24.2. The minimum atomic E-state index is -4.61. The predicted molar refractivity (Wildman–Crippen MR) is 166 cm³/mol. The second-order valence-electron chi connectivity index (χ2n) is 10.4. The SMILES string of the molecule is CCN1CCN(Cc2ccc(C(=O)Nc3ccc(C)c(NC(=O)c4cnc(Nc5ccccn5)s4)c3)cc2C(F)(F)F)CC1. The summed E-state index contributed by atoms with van der Waals surface area (Å²) in [6.07, 6.45) is -1.53. The zero-order valence-corrected chi connectivity index (χ0v) is 25.1. The Kier molecular flexibility index (Phi) is 9.57. The lowest BCUT2D eigenvalue weighted by Crippen LogP contribution is -2.45. The number of carbonyl (C=O) groups is 2. The molecule has 2 aromatic carbocycles. The van der Waals surface area contributed by atoms with Crippen molar-refractivity contribution in [3.63, 3.8) is 0 Å². The first-order valence-corrected chi connectivity index (χ1v) is 14.9.